The lowest BCUT2D eigenvalue weighted by atomic mass is 10.1. The van der Waals surface area contributed by atoms with Crippen molar-refractivity contribution in [1.82, 2.24) is 20.4 Å². The van der Waals surface area contributed by atoms with Crippen LogP contribution in [0.25, 0.3) is 0 Å². The Bertz CT molecular complexity index is 513. The number of amides is 2. The number of piperidine rings is 1. The van der Waals surface area contributed by atoms with E-state index in [1.165, 1.54) is 5.01 Å². The highest BCUT2D eigenvalue weighted by atomic mass is 16.2. The van der Waals surface area contributed by atoms with Gasteiger partial charge in [-0.2, -0.15) is 0 Å². The van der Waals surface area contributed by atoms with Crippen molar-refractivity contribution in [1.29, 1.82) is 0 Å². The maximum atomic E-state index is 12.1. The van der Waals surface area contributed by atoms with Crippen molar-refractivity contribution in [2.24, 2.45) is 0 Å². The second-order valence-electron chi connectivity index (χ2n) is 5.02. The molecule has 2 heterocycles. The first-order valence-corrected chi connectivity index (χ1v) is 6.68. The summed E-state index contributed by atoms with van der Waals surface area (Å²) in [6.07, 6.45) is 6.10. The lowest BCUT2D eigenvalue weighted by Crippen LogP contribution is -2.48. The van der Waals surface area contributed by atoms with E-state index in [4.69, 9.17) is 0 Å². The average Bonchev–Trinajstić information content (AvgIpc) is 3.26. The number of hydrogen-bond donors (Lipinski definition) is 1. The minimum absolute atomic E-state index is 0.0314. The fourth-order valence-corrected chi connectivity index (χ4v) is 2.14. The van der Waals surface area contributed by atoms with E-state index < -0.39 is 0 Å². The number of rotatable bonds is 3. The maximum Gasteiger partial charge on any atom is 0.288 e. The smallest absolute Gasteiger partial charge is 0.273 e. The Labute approximate surface area is 111 Å². The van der Waals surface area contributed by atoms with Gasteiger partial charge in [0.15, 0.2) is 0 Å². The molecule has 0 bridgehead atoms. The number of nitrogens with zero attached hydrogens (tertiary/aromatic N) is 3. The first-order valence-electron chi connectivity index (χ1n) is 6.68. The van der Waals surface area contributed by atoms with E-state index in [0.29, 0.717) is 24.6 Å². The van der Waals surface area contributed by atoms with Crippen LogP contribution >= 0.6 is 0 Å². The van der Waals surface area contributed by atoms with Crippen molar-refractivity contribution < 1.29 is 9.59 Å². The molecule has 0 atom stereocenters. The summed E-state index contributed by atoms with van der Waals surface area (Å²) in [7, 11) is 0. The molecule has 1 aromatic heterocycles. The number of carbonyl (C=O) groups is 2. The highest BCUT2D eigenvalue weighted by Gasteiger charge is 2.27. The highest BCUT2D eigenvalue weighted by molar-refractivity contribution is 5.93. The van der Waals surface area contributed by atoms with Crippen LogP contribution in [-0.4, -0.2) is 33.3 Å². The lowest BCUT2D eigenvalue weighted by Gasteiger charge is -2.26. The molecule has 0 unspecified atom stereocenters. The molecule has 2 aliphatic rings. The number of hydrogen-bond acceptors (Lipinski definition) is 4. The third-order valence-electron chi connectivity index (χ3n) is 3.41. The van der Waals surface area contributed by atoms with Crippen LogP contribution in [0.15, 0.2) is 12.3 Å². The van der Waals surface area contributed by atoms with E-state index in [1.807, 2.05) is 0 Å². The zero-order valence-electron chi connectivity index (χ0n) is 10.6. The SMILES string of the molecule is O=C(NN1CCCCC1=O)c1ccnc(C2CC2)n1. The maximum absolute atomic E-state index is 12.1. The average molecular weight is 260 g/mol. The van der Waals surface area contributed by atoms with Gasteiger partial charge in [-0.3, -0.25) is 20.0 Å². The first kappa shape index (κ1) is 12.1. The van der Waals surface area contributed by atoms with Gasteiger partial charge in [0.1, 0.15) is 11.5 Å². The molecule has 1 aromatic rings. The molecule has 6 heteroatoms. The molecule has 1 aliphatic carbocycles. The van der Waals surface area contributed by atoms with Crippen molar-refractivity contribution >= 4 is 11.8 Å². The molecular weight excluding hydrogens is 244 g/mol. The van der Waals surface area contributed by atoms with Gasteiger partial charge in [0.05, 0.1) is 0 Å². The Hall–Kier alpha value is -1.98. The Kier molecular flexibility index (Phi) is 3.15. The van der Waals surface area contributed by atoms with Crippen molar-refractivity contribution in [3.8, 4) is 0 Å². The third kappa shape index (κ3) is 2.72. The van der Waals surface area contributed by atoms with E-state index in [1.54, 1.807) is 12.3 Å². The van der Waals surface area contributed by atoms with Crippen LogP contribution < -0.4 is 5.43 Å². The van der Waals surface area contributed by atoms with Gasteiger partial charge >= 0.3 is 0 Å². The largest absolute Gasteiger partial charge is 0.288 e. The van der Waals surface area contributed by atoms with Crippen molar-refractivity contribution in [3.05, 3.63) is 23.8 Å². The van der Waals surface area contributed by atoms with E-state index in [0.717, 1.165) is 31.5 Å². The van der Waals surface area contributed by atoms with Gasteiger partial charge < -0.3 is 0 Å². The molecule has 1 saturated heterocycles. The quantitative estimate of drug-likeness (QED) is 0.880. The second-order valence-corrected chi connectivity index (χ2v) is 5.02. The number of carbonyl (C=O) groups excluding carboxylic acids is 2. The van der Waals surface area contributed by atoms with Gasteiger partial charge in [0.2, 0.25) is 5.91 Å². The fourth-order valence-electron chi connectivity index (χ4n) is 2.14. The van der Waals surface area contributed by atoms with Crippen molar-refractivity contribution in [2.75, 3.05) is 6.54 Å². The molecule has 2 fully saturated rings. The fraction of sp³-hybridized carbons (Fsp3) is 0.538. The Morgan fingerprint density at radius 3 is 2.95 bits per heavy atom. The van der Waals surface area contributed by atoms with Crippen LogP contribution in [0.5, 0.6) is 0 Å². The number of hydrazine groups is 1. The Morgan fingerprint density at radius 2 is 2.21 bits per heavy atom. The predicted molar refractivity (Wildman–Crippen MR) is 67.0 cm³/mol. The molecule has 1 aliphatic heterocycles. The van der Waals surface area contributed by atoms with E-state index >= 15 is 0 Å². The van der Waals surface area contributed by atoms with Crippen LogP contribution in [-0.2, 0) is 4.79 Å². The standard InChI is InChI=1S/C13H16N4O2/c18-11-3-1-2-8-17(11)16-13(19)10-6-7-14-12(15-10)9-4-5-9/h6-7,9H,1-5,8H2,(H,16,19). The summed E-state index contributed by atoms with van der Waals surface area (Å²) in [4.78, 5) is 32.1. The molecule has 2 amide bonds. The van der Waals surface area contributed by atoms with E-state index in [-0.39, 0.29) is 11.8 Å². The normalized spacial score (nSPS) is 19.4. The molecule has 100 valence electrons. The Morgan fingerprint density at radius 1 is 1.37 bits per heavy atom. The van der Waals surface area contributed by atoms with Crippen LogP contribution in [0, 0.1) is 0 Å². The van der Waals surface area contributed by atoms with Crippen LogP contribution in [0.2, 0.25) is 0 Å². The van der Waals surface area contributed by atoms with Gasteiger partial charge in [-0.1, -0.05) is 0 Å². The molecule has 3 rings (SSSR count). The zero-order valence-corrected chi connectivity index (χ0v) is 10.6. The zero-order chi connectivity index (χ0) is 13.2. The Balaban J connectivity index is 1.69. The van der Waals surface area contributed by atoms with Crippen LogP contribution in [0.1, 0.15) is 54.3 Å². The summed E-state index contributed by atoms with van der Waals surface area (Å²) in [6.45, 7) is 0.575. The van der Waals surface area contributed by atoms with Gasteiger partial charge in [-0.25, -0.2) is 9.97 Å². The monoisotopic (exact) mass is 260 g/mol. The molecule has 0 spiro atoms. The number of nitrogens with one attached hydrogen (secondary N) is 1. The lowest BCUT2D eigenvalue weighted by molar-refractivity contribution is -0.135. The topological polar surface area (TPSA) is 75.2 Å². The predicted octanol–water partition coefficient (Wildman–Crippen LogP) is 1.01. The minimum atomic E-state index is -0.334. The molecule has 0 radical (unpaired) electrons. The molecule has 19 heavy (non-hydrogen) atoms. The summed E-state index contributed by atoms with van der Waals surface area (Å²) in [5.41, 5.74) is 2.96. The summed E-state index contributed by atoms with van der Waals surface area (Å²) in [6, 6.07) is 1.58. The van der Waals surface area contributed by atoms with Gasteiger partial charge in [0.25, 0.3) is 5.91 Å². The summed E-state index contributed by atoms with van der Waals surface area (Å²) < 4.78 is 0. The summed E-state index contributed by atoms with van der Waals surface area (Å²) in [5, 5.41) is 1.39. The van der Waals surface area contributed by atoms with Crippen LogP contribution in [0.3, 0.4) is 0 Å². The van der Waals surface area contributed by atoms with Gasteiger partial charge in [-0.05, 0) is 31.7 Å². The second kappa shape index (κ2) is 4.95. The number of aromatic nitrogens is 2. The van der Waals surface area contributed by atoms with Gasteiger partial charge in [0, 0.05) is 25.1 Å². The summed E-state index contributed by atoms with van der Waals surface area (Å²) in [5.74, 6) is 0.776. The van der Waals surface area contributed by atoms with Crippen molar-refractivity contribution in [2.45, 2.75) is 38.0 Å². The van der Waals surface area contributed by atoms with Gasteiger partial charge in [-0.15, -0.1) is 0 Å². The highest BCUT2D eigenvalue weighted by Crippen LogP contribution is 2.37. The van der Waals surface area contributed by atoms with Crippen LogP contribution in [0.4, 0.5) is 0 Å². The van der Waals surface area contributed by atoms with E-state index in [9.17, 15) is 9.59 Å². The molecule has 6 nitrogen and oxygen atoms in total. The van der Waals surface area contributed by atoms with Crippen molar-refractivity contribution in [3.63, 3.8) is 0 Å². The molecule has 1 saturated carbocycles. The third-order valence-corrected chi connectivity index (χ3v) is 3.41. The molecular formula is C13H16N4O2. The molecule has 1 N–H and O–H groups in total. The summed E-state index contributed by atoms with van der Waals surface area (Å²) >= 11 is 0. The first-order chi connectivity index (χ1) is 9.24. The minimum Gasteiger partial charge on any atom is -0.273 e. The molecule has 0 aromatic carbocycles. The van der Waals surface area contributed by atoms with E-state index in [2.05, 4.69) is 15.4 Å².